The average molecular weight is 525 g/mol. The summed E-state index contributed by atoms with van der Waals surface area (Å²) in [6, 6.07) is 15.1. The van der Waals surface area contributed by atoms with Crippen molar-refractivity contribution in [1.82, 2.24) is 9.80 Å². The third kappa shape index (κ3) is 6.31. The number of carbonyl (C=O) groups is 2. The normalized spacial score (nSPS) is 14.8. The number of thiophene rings is 1. The van der Waals surface area contributed by atoms with E-state index in [4.69, 9.17) is 9.47 Å². The summed E-state index contributed by atoms with van der Waals surface area (Å²) in [5.74, 6) is 0.320. The quantitative estimate of drug-likeness (QED) is 0.347. The van der Waals surface area contributed by atoms with E-state index in [1.54, 1.807) is 35.5 Å². The first kappa shape index (κ1) is 26.7. The van der Waals surface area contributed by atoms with Crippen LogP contribution in [0.1, 0.15) is 47.1 Å². The van der Waals surface area contributed by atoms with Gasteiger partial charge in [0, 0.05) is 18.0 Å². The Morgan fingerprint density at radius 3 is 2.57 bits per heavy atom. The van der Waals surface area contributed by atoms with Gasteiger partial charge >= 0.3 is 0 Å². The Morgan fingerprint density at radius 2 is 1.84 bits per heavy atom. The highest BCUT2D eigenvalue weighted by atomic mass is 32.1. The number of halogens is 1. The minimum absolute atomic E-state index is 0.0196. The van der Waals surface area contributed by atoms with Crippen LogP contribution in [0.2, 0.25) is 0 Å². The number of carbonyl (C=O) groups excluding carboxylic acids is 2. The van der Waals surface area contributed by atoms with Gasteiger partial charge in [-0.25, -0.2) is 4.39 Å². The Balaban J connectivity index is 1.55. The zero-order chi connectivity index (χ0) is 26.4. The van der Waals surface area contributed by atoms with E-state index in [0.29, 0.717) is 36.9 Å². The van der Waals surface area contributed by atoms with Crippen LogP contribution in [-0.4, -0.2) is 55.0 Å². The number of fused-ring (bicyclic) bond motifs is 1. The van der Waals surface area contributed by atoms with E-state index >= 15 is 0 Å². The zero-order valence-electron chi connectivity index (χ0n) is 21.5. The van der Waals surface area contributed by atoms with Gasteiger partial charge in [-0.3, -0.25) is 9.59 Å². The molecule has 37 heavy (non-hydrogen) atoms. The number of hydrogen-bond acceptors (Lipinski definition) is 5. The van der Waals surface area contributed by atoms with Crippen LogP contribution < -0.4 is 9.47 Å². The van der Waals surface area contributed by atoms with Gasteiger partial charge in [-0.05, 0) is 60.0 Å². The smallest absolute Gasteiger partial charge is 0.257 e. The summed E-state index contributed by atoms with van der Waals surface area (Å²) in [5, 5.41) is 2.03. The maximum absolute atomic E-state index is 14.4. The highest BCUT2D eigenvalue weighted by molar-refractivity contribution is 7.10. The molecule has 0 bridgehead atoms. The van der Waals surface area contributed by atoms with Crippen molar-refractivity contribution in [2.24, 2.45) is 5.92 Å². The van der Waals surface area contributed by atoms with E-state index < -0.39 is 11.7 Å². The topological polar surface area (TPSA) is 59.1 Å². The van der Waals surface area contributed by atoms with Crippen molar-refractivity contribution in [2.45, 2.75) is 32.7 Å². The lowest BCUT2D eigenvalue weighted by molar-refractivity contribution is -0.135. The van der Waals surface area contributed by atoms with E-state index in [0.717, 1.165) is 12.0 Å². The van der Waals surface area contributed by atoms with Crippen molar-refractivity contribution >= 4 is 23.2 Å². The third-order valence-electron chi connectivity index (χ3n) is 6.57. The number of para-hydroxylation sites is 2. The molecule has 0 radical (unpaired) electrons. The van der Waals surface area contributed by atoms with Crippen LogP contribution in [0.5, 0.6) is 11.5 Å². The Bertz CT molecular complexity index is 1230. The average Bonchev–Trinajstić information content (AvgIpc) is 3.38. The molecule has 2 amide bonds. The fourth-order valence-electron chi connectivity index (χ4n) is 4.51. The number of methoxy groups -OCH3 is 1. The Kier molecular flexibility index (Phi) is 8.82. The highest BCUT2D eigenvalue weighted by Crippen LogP contribution is 2.35. The molecule has 196 valence electrons. The lowest BCUT2D eigenvalue weighted by Crippen LogP contribution is -2.48. The molecule has 0 saturated carbocycles. The molecule has 4 rings (SSSR count). The molecule has 1 aliphatic heterocycles. The van der Waals surface area contributed by atoms with Crippen LogP contribution in [0.3, 0.4) is 0 Å². The summed E-state index contributed by atoms with van der Waals surface area (Å²) in [6.07, 6.45) is 1.46. The fraction of sp³-hybridized carbons (Fsp3) is 0.379. The molecule has 0 saturated heterocycles. The molecule has 0 N–H and O–H groups in total. The molecule has 2 aromatic carbocycles. The first-order valence-electron chi connectivity index (χ1n) is 12.5. The van der Waals surface area contributed by atoms with Crippen molar-refractivity contribution in [1.29, 1.82) is 0 Å². The maximum Gasteiger partial charge on any atom is 0.257 e. The first-order valence-corrected chi connectivity index (χ1v) is 13.4. The standard InChI is InChI=1S/C29H33FN2O4S/c1-20(2)12-15-31(29(34)21-8-4-5-9-23(21)30)18-28(33)32-16-13-27-22(14-17-37-27)24(32)19-36-26-11-7-6-10-25(26)35-3/h4-11,14,17,20,24H,12-13,15-16,18-19H2,1-3H3. The summed E-state index contributed by atoms with van der Waals surface area (Å²) in [7, 11) is 1.59. The summed E-state index contributed by atoms with van der Waals surface area (Å²) in [5.41, 5.74) is 1.04. The molecule has 8 heteroatoms. The van der Waals surface area contributed by atoms with Gasteiger partial charge < -0.3 is 19.3 Å². The van der Waals surface area contributed by atoms with Gasteiger partial charge in [0.15, 0.2) is 11.5 Å². The van der Waals surface area contributed by atoms with Gasteiger partial charge in [-0.1, -0.05) is 38.1 Å². The van der Waals surface area contributed by atoms with Crippen molar-refractivity contribution in [2.75, 3.05) is 33.4 Å². The second kappa shape index (κ2) is 12.2. The van der Waals surface area contributed by atoms with E-state index in [1.165, 1.54) is 21.9 Å². The van der Waals surface area contributed by atoms with Crippen molar-refractivity contribution in [3.63, 3.8) is 0 Å². The van der Waals surface area contributed by atoms with Crippen LogP contribution in [0.4, 0.5) is 4.39 Å². The van der Waals surface area contributed by atoms with E-state index in [-0.39, 0.29) is 30.7 Å². The first-order chi connectivity index (χ1) is 17.9. The molecule has 2 heterocycles. The summed E-state index contributed by atoms with van der Waals surface area (Å²) in [4.78, 5) is 31.5. The second-order valence-electron chi connectivity index (χ2n) is 9.50. The Labute approximate surface area is 221 Å². The molecule has 1 unspecified atom stereocenters. The number of hydrogen-bond donors (Lipinski definition) is 0. The molecule has 1 atom stereocenters. The number of ether oxygens (including phenoxy) is 2. The van der Waals surface area contributed by atoms with Gasteiger partial charge in [0.05, 0.1) is 18.7 Å². The van der Waals surface area contributed by atoms with E-state index in [2.05, 4.69) is 13.8 Å². The van der Waals surface area contributed by atoms with E-state index in [1.807, 2.05) is 35.7 Å². The van der Waals surface area contributed by atoms with Crippen LogP contribution >= 0.6 is 11.3 Å². The molecule has 6 nitrogen and oxygen atoms in total. The monoisotopic (exact) mass is 524 g/mol. The molecule has 0 aliphatic carbocycles. The fourth-order valence-corrected chi connectivity index (χ4v) is 5.44. The predicted molar refractivity (Wildman–Crippen MR) is 143 cm³/mol. The van der Waals surface area contributed by atoms with Crippen molar-refractivity contribution in [3.05, 3.63) is 81.8 Å². The van der Waals surface area contributed by atoms with Crippen LogP contribution in [0.25, 0.3) is 0 Å². The second-order valence-corrected chi connectivity index (χ2v) is 10.5. The van der Waals surface area contributed by atoms with E-state index in [9.17, 15) is 14.0 Å². The van der Waals surface area contributed by atoms with Gasteiger partial charge in [-0.2, -0.15) is 0 Å². The summed E-state index contributed by atoms with van der Waals surface area (Å²) >= 11 is 1.68. The molecule has 1 aromatic heterocycles. The van der Waals surface area contributed by atoms with Crippen LogP contribution in [-0.2, 0) is 11.2 Å². The van der Waals surface area contributed by atoms with Gasteiger partial charge in [-0.15, -0.1) is 11.3 Å². The lowest BCUT2D eigenvalue weighted by atomic mass is 10.00. The third-order valence-corrected chi connectivity index (χ3v) is 7.57. The van der Waals surface area contributed by atoms with Crippen molar-refractivity contribution < 1.29 is 23.5 Å². The minimum Gasteiger partial charge on any atom is -0.493 e. The number of rotatable bonds is 10. The Hall–Kier alpha value is -3.39. The van der Waals surface area contributed by atoms with Crippen LogP contribution in [0.15, 0.2) is 60.0 Å². The number of benzene rings is 2. The largest absolute Gasteiger partial charge is 0.493 e. The molecule has 0 fully saturated rings. The Morgan fingerprint density at radius 1 is 1.11 bits per heavy atom. The highest BCUT2D eigenvalue weighted by Gasteiger charge is 2.34. The van der Waals surface area contributed by atoms with Crippen LogP contribution in [0, 0.1) is 11.7 Å². The lowest BCUT2D eigenvalue weighted by Gasteiger charge is -2.37. The molecule has 3 aromatic rings. The van der Waals surface area contributed by atoms with Gasteiger partial charge in [0.1, 0.15) is 19.0 Å². The summed E-state index contributed by atoms with van der Waals surface area (Å²) in [6.45, 7) is 5.14. The van der Waals surface area contributed by atoms with Gasteiger partial charge in [0.2, 0.25) is 5.91 Å². The maximum atomic E-state index is 14.4. The zero-order valence-corrected chi connectivity index (χ0v) is 22.3. The SMILES string of the molecule is COc1ccccc1OCC1c2ccsc2CCN1C(=O)CN(CCC(C)C)C(=O)c1ccccc1F. The summed E-state index contributed by atoms with van der Waals surface area (Å²) < 4.78 is 26.0. The van der Waals surface area contributed by atoms with Gasteiger partial charge in [0.25, 0.3) is 5.91 Å². The number of nitrogens with zero attached hydrogens (tertiary/aromatic N) is 2. The predicted octanol–water partition coefficient (Wildman–Crippen LogP) is 5.59. The molecular formula is C29H33FN2O4S. The number of amides is 2. The minimum atomic E-state index is -0.585. The molecule has 1 aliphatic rings. The molecule has 0 spiro atoms. The van der Waals surface area contributed by atoms with Crippen molar-refractivity contribution in [3.8, 4) is 11.5 Å². The molecular weight excluding hydrogens is 491 g/mol.